The van der Waals surface area contributed by atoms with Crippen LogP contribution in [0.5, 0.6) is 0 Å². The van der Waals surface area contributed by atoms with Crippen LogP contribution in [0.4, 0.5) is 0 Å². The fraction of sp³-hybridized carbons (Fsp3) is 0.600. The van der Waals surface area contributed by atoms with E-state index >= 15 is 0 Å². The number of carboxylic acids is 1. The van der Waals surface area contributed by atoms with Crippen molar-refractivity contribution in [3.05, 3.63) is 21.7 Å². The molecule has 1 aromatic heterocycles. The van der Waals surface area contributed by atoms with E-state index in [1.54, 1.807) is 20.8 Å². The maximum Gasteiger partial charge on any atom is 0.320 e. The molecule has 0 saturated heterocycles. The molecule has 90 valence electrons. The minimum atomic E-state index is -1.46. The Balaban J connectivity index is 3.27. The summed E-state index contributed by atoms with van der Waals surface area (Å²) >= 11 is 0. The molecule has 1 heterocycles. The van der Waals surface area contributed by atoms with Crippen molar-refractivity contribution in [3.63, 3.8) is 0 Å². The molecule has 0 aliphatic carbocycles. The summed E-state index contributed by atoms with van der Waals surface area (Å²) in [6, 6.07) is -1.46. The number of aliphatic carboxylic acids is 1. The van der Waals surface area contributed by atoms with Gasteiger partial charge in [0.2, 0.25) is 0 Å². The summed E-state index contributed by atoms with van der Waals surface area (Å²) in [5, 5.41) is 10.9. The predicted molar refractivity (Wildman–Crippen MR) is 57.3 cm³/mol. The summed E-state index contributed by atoms with van der Waals surface area (Å²) in [7, 11) is 0. The third-order valence-electron chi connectivity index (χ3n) is 2.05. The quantitative estimate of drug-likeness (QED) is 0.686. The molecule has 16 heavy (non-hydrogen) atoms. The zero-order valence-corrected chi connectivity index (χ0v) is 9.40. The highest BCUT2D eigenvalue weighted by Gasteiger charge is 2.27. The number of hydrogen-bond acceptors (Lipinski definition) is 4. The van der Waals surface area contributed by atoms with E-state index in [1.165, 1.54) is 0 Å². The number of carbonyl (C=O) groups is 1. The zero-order chi connectivity index (χ0) is 13.4. The van der Waals surface area contributed by atoms with Gasteiger partial charge in [-0.1, -0.05) is 20.8 Å². The number of nitrogens with two attached hydrogens (primary N) is 1. The number of H-pyrrole nitrogens is 1. The smallest absolute Gasteiger partial charge is 0.320 e. The van der Waals surface area contributed by atoms with Crippen molar-refractivity contribution in [2.75, 3.05) is 0 Å². The molecular formula is C10H16N2O4. The third-order valence-corrected chi connectivity index (χ3v) is 2.05. The molecule has 0 aliphatic rings. The Morgan fingerprint density at radius 2 is 2.25 bits per heavy atom. The van der Waals surface area contributed by atoms with Crippen molar-refractivity contribution in [1.29, 1.82) is 0 Å². The minimum absolute atomic E-state index is 0.0209. The van der Waals surface area contributed by atoms with Gasteiger partial charge in [-0.2, -0.15) is 5.16 Å². The van der Waals surface area contributed by atoms with Crippen LogP contribution in [0, 0.1) is 0 Å². The van der Waals surface area contributed by atoms with Crippen LogP contribution in [-0.4, -0.2) is 22.3 Å². The van der Waals surface area contributed by atoms with Crippen LogP contribution in [0.1, 0.15) is 33.5 Å². The third kappa shape index (κ3) is 2.52. The Morgan fingerprint density at radius 3 is 2.69 bits per heavy atom. The SMILES string of the molecule is [2H]C(c1c(C(C)(C)C)o[nH]c1=O)C(N)C(=O)O. The summed E-state index contributed by atoms with van der Waals surface area (Å²) < 4.78 is 12.7. The molecule has 0 bridgehead atoms. The van der Waals surface area contributed by atoms with Gasteiger partial charge in [-0.3, -0.25) is 9.59 Å². The van der Waals surface area contributed by atoms with Gasteiger partial charge in [0.25, 0.3) is 5.56 Å². The van der Waals surface area contributed by atoms with Gasteiger partial charge in [0.05, 0.1) is 5.56 Å². The van der Waals surface area contributed by atoms with Crippen molar-refractivity contribution in [1.82, 2.24) is 5.16 Å². The average Bonchev–Trinajstić information content (AvgIpc) is 2.57. The number of nitrogens with one attached hydrogen (secondary N) is 1. The molecule has 0 amide bonds. The van der Waals surface area contributed by atoms with E-state index in [1.807, 2.05) is 0 Å². The number of aromatic nitrogens is 1. The molecule has 1 rings (SSSR count). The number of aromatic amines is 1. The molecule has 0 radical (unpaired) electrons. The second-order valence-corrected chi connectivity index (χ2v) is 4.56. The Bertz CT molecular complexity index is 471. The van der Waals surface area contributed by atoms with Crippen LogP contribution < -0.4 is 11.3 Å². The number of carboxylic acid groups (broad SMARTS) is 1. The van der Waals surface area contributed by atoms with Crippen LogP contribution in [-0.2, 0) is 16.6 Å². The standard InChI is InChI=1S/C10H16N2O4/c1-10(2,3)7-5(8(13)12-16-7)4-6(11)9(14)15/h6H,4,11H2,1-3H3,(H,12,13)(H,14,15)/i4D. The molecule has 0 spiro atoms. The second kappa shape index (κ2) is 4.13. The number of hydrogen-bond donors (Lipinski definition) is 3. The fourth-order valence-corrected chi connectivity index (χ4v) is 1.27. The first-order valence-electron chi connectivity index (χ1n) is 5.36. The Kier molecular flexibility index (Phi) is 2.82. The Morgan fingerprint density at radius 1 is 1.69 bits per heavy atom. The van der Waals surface area contributed by atoms with Gasteiger partial charge in [-0.15, -0.1) is 0 Å². The lowest BCUT2D eigenvalue weighted by molar-refractivity contribution is -0.138. The van der Waals surface area contributed by atoms with E-state index in [9.17, 15) is 9.59 Å². The van der Waals surface area contributed by atoms with Crippen LogP contribution >= 0.6 is 0 Å². The molecule has 0 fully saturated rings. The molecule has 2 atom stereocenters. The molecule has 2 unspecified atom stereocenters. The monoisotopic (exact) mass is 229 g/mol. The summed E-state index contributed by atoms with van der Waals surface area (Å²) in [5.74, 6) is -1.07. The van der Waals surface area contributed by atoms with Crippen molar-refractivity contribution in [2.24, 2.45) is 5.73 Å². The van der Waals surface area contributed by atoms with Crippen LogP contribution in [0.15, 0.2) is 9.32 Å². The van der Waals surface area contributed by atoms with Crippen molar-refractivity contribution >= 4 is 5.97 Å². The van der Waals surface area contributed by atoms with Crippen molar-refractivity contribution < 1.29 is 15.8 Å². The maximum absolute atomic E-state index is 11.5. The highest BCUT2D eigenvalue weighted by Crippen LogP contribution is 2.24. The highest BCUT2D eigenvalue weighted by molar-refractivity contribution is 5.73. The topological polar surface area (TPSA) is 109 Å². The summed E-state index contributed by atoms with van der Waals surface area (Å²) in [6.07, 6.45) is -1.36. The van der Waals surface area contributed by atoms with E-state index in [0.29, 0.717) is 0 Å². The largest absolute Gasteiger partial charge is 0.480 e. The molecule has 6 heteroatoms. The van der Waals surface area contributed by atoms with Gasteiger partial charge in [-0.05, 0) is 0 Å². The first-order chi connectivity index (χ1) is 7.66. The van der Waals surface area contributed by atoms with Gasteiger partial charge < -0.3 is 15.4 Å². The Hall–Kier alpha value is -1.56. The lowest BCUT2D eigenvalue weighted by Crippen LogP contribution is -2.34. The lowest BCUT2D eigenvalue weighted by Gasteiger charge is -2.16. The van der Waals surface area contributed by atoms with E-state index in [2.05, 4.69) is 5.16 Å². The first kappa shape index (κ1) is 10.9. The van der Waals surface area contributed by atoms with Gasteiger partial charge in [0, 0.05) is 13.2 Å². The highest BCUT2D eigenvalue weighted by atomic mass is 16.5. The van der Waals surface area contributed by atoms with E-state index in [-0.39, 0.29) is 11.3 Å². The first-order valence-corrected chi connectivity index (χ1v) is 4.78. The molecular weight excluding hydrogens is 212 g/mol. The minimum Gasteiger partial charge on any atom is -0.480 e. The molecule has 0 aliphatic heterocycles. The van der Waals surface area contributed by atoms with Gasteiger partial charge in [0.1, 0.15) is 11.8 Å². The van der Waals surface area contributed by atoms with E-state index < -0.39 is 29.4 Å². The van der Waals surface area contributed by atoms with Crippen LogP contribution in [0.3, 0.4) is 0 Å². The lowest BCUT2D eigenvalue weighted by atomic mass is 9.89. The molecule has 0 aromatic carbocycles. The molecule has 1 aromatic rings. The van der Waals surface area contributed by atoms with Gasteiger partial charge in [-0.25, -0.2) is 0 Å². The van der Waals surface area contributed by atoms with E-state index in [0.717, 1.165) is 0 Å². The van der Waals surface area contributed by atoms with Crippen molar-refractivity contribution in [3.8, 4) is 0 Å². The normalized spacial score (nSPS) is 16.6. The van der Waals surface area contributed by atoms with Crippen LogP contribution in [0.2, 0.25) is 0 Å². The second-order valence-electron chi connectivity index (χ2n) is 4.56. The van der Waals surface area contributed by atoms with Crippen molar-refractivity contribution in [2.45, 2.75) is 38.6 Å². The van der Waals surface area contributed by atoms with E-state index in [4.69, 9.17) is 16.7 Å². The van der Waals surface area contributed by atoms with Crippen LogP contribution in [0.25, 0.3) is 0 Å². The molecule has 6 nitrogen and oxygen atoms in total. The predicted octanol–water partition coefficient (Wildman–Crippen LogP) is 0.220. The zero-order valence-electron chi connectivity index (χ0n) is 10.4. The average molecular weight is 229 g/mol. The summed E-state index contributed by atoms with van der Waals surface area (Å²) in [6.45, 7) is 5.38. The number of rotatable bonds is 3. The molecule has 0 saturated carbocycles. The summed E-state index contributed by atoms with van der Waals surface area (Å²) in [4.78, 5) is 22.3. The molecule has 4 N–H and O–H groups in total. The van der Waals surface area contributed by atoms with Gasteiger partial charge >= 0.3 is 5.97 Å². The Labute approximate surface area is 93.8 Å². The van der Waals surface area contributed by atoms with Gasteiger partial charge in [0.15, 0.2) is 0 Å². The summed E-state index contributed by atoms with van der Waals surface area (Å²) in [5.41, 5.74) is 4.22. The maximum atomic E-state index is 11.5. The fourth-order valence-electron chi connectivity index (χ4n) is 1.27.